The second-order valence-electron chi connectivity index (χ2n) is 5.90. The van der Waals surface area contributed by atoms with Crippen LogP contribution in [0.15, 0.2) is 30.3 Å². The van der Waals surface area contributed by atoms with Gasteiger partial charge in [0, 0.05) is 12.1 Å². The second kappa shape index (κ2) is 7.18. The van der Waals surface area contributed by atoms with Crippen LogP contribution >= 0.6 is 0 Å². The molecule has 0 saturated heterocycles. The number of aryl methyl sites for hydroxylation is 4. The standard InChI is InChI=1S/C19H24N2O2/c1-12-9-13(2)19(14(3)10-12)21-18(22)8-6-15-5-7-17(23-4)16(20)11-15/h5,7,9-11H,6,8,20H2,1-4H3,(H,21,22). The first kappa shape index (κ1) is 16.9. The molecular weight excluding hydrogens is 288 g/mol. The summed E-state index contributed by atoms with van der Waals surface area (Å²) in [5, 5.41) is 3.02. The lowest BCUT2D eigenvalue weighted by atomic mass is 10.0. The maximum atomic E-state index is 12.2. The fourth-order valence-corrected chi connectivity index (χ4v) is 2.78. The van der Waals surface area contributed by atoms with Gasteiger partial charge in [0.15, 0.2) is 0 Å². The van der Waals surface area contributed by atoms with Crippen molar-refractivity contribution >= 4 is 17.3 Å². The Morgan fingerprint density at radius 1 is 1.13 bits per heavy atom. The minimum Gasteiger partial charge on any atom is -0.495 e. The Kier molecular flexibility index (Phi) is 5.27. The molecule has 2 aromatic carbocycles. The van der Waals surface area contributed by atoms with E-state index in [2.05, 4.69) is 24.4 Å². The van der Waals surface area contributed by atoms with Crippen LogP contribution in [0.3, 0.4) is 0 Å². The van der Waals surface area contributed by atoms with Crippen molar-refractivity contribution in [3.05, 3.63) is 52.6 Å². The molecule has 0 aliphatic rings. The van der Waals surface area contributed by atoms with Crippen molar-refractivity contribution in [3.63, 3.8) is 0 Å². The largest absolute Gasteiger partial charge is 0.495 e. The molecule has 4 nitrogen and oxygen atoms in total. The average molecular weight is 312 g/mol. The summed E-state index contributed by atoms with van der Waals surface area (Å²) in [5.41, 5.74) is 11.8. The number of hydrogen-bond donors (Lipinski definition) is 2. The summed E-state index contributed by atoms with van der Waals surface area (Å²) >= 11 is 0. The third kappa shape index (κ3) is 4.25. The van der Waals surface area contributed by atoms with Crippen molar-refractivity contribution in [2.45, 2.75) is 33.6 Å². The van der Waals surface area contributed by atoms with E-state index >= 15 is 0 Å². The molecule has 23 heavy (non-hydrogen) atoms. The van der Waals surface area contributed by atoms with E-state index in [0.717, 1.165) is 22.4 Å². The normalized spacial score (nSPS) is 10.4. The van der Waals surface area contributed by atoms with Gasteiger partial charge in [-0.15, -0.1) is 0 Å². The van der Waals surface area contributed by atoms with Crippen LogP contribution in [0, 0.1) is 20.8 Å². The molecule has 0 heterocycles. The van der Waals surface area contributed by atoms with Crippen molar-refractivity contribution in [3.8, 4) is 5.75 Å². The third-order valence-corrected chi connectivity index (χ3v) is 3.88. The number of benzene rings is 2. The Morgan fingerprint density at radius 2 is 1.78 bits per heavy atom. The number of ether oxygens (including phenoxy) is 1. The summed E-state index contributed by atoms with van der Waals surface area (Å²) in [6.45, 7) is 6.08. The fraction of sp³-hybridized carbons (Fsp3) is 0.316. The summed E-state index contributed by atoms with van der Waals surface area (Å²) in [4.78, 5) is 12.2. The molecule has 0 spiro atoms. The molecule has 3 N–H and O–H groups in total. The van der Waals surface area contributed by atoms with Gasteiger partial charge in [0.2, 0.25) is 5.91 Å². The lowest BCUT2D eigenvalue weighted by Gasteiger charge is -2.13. The highest BCUT2D eigenvalue weighted by molar-refractivity contribution is 5.92. The molecule has 0 aliphatic heterocycles. The van der Waals surface area contributed by atoms with E-state index in [9.17, 15) is 4.79 Å². The summed E-state index contributed by atoms with van der Waals surface area (Å²) in [6, 6.07) is 9.77. The van der Waals surface area contributed by atoms with Crippen molar-refractivity contribution in [1.29, 1.82) is 0 Å². The van der Waals surface area contributed by atoms with Gasteiger partial charge in [-0.2, -0.15) is 0 Å². The van der Waals surface area contributed by atoms with Gasteiger partial charge in [-0.25, -0.2) is 0 Å². The summed E-state index contributed by atoms with van der Waals surface area (Å²) in [6.07, 6.45) is 1.06. The van der Waals surface area contributed by atoms with Gasteiger partial charge in [-0.3, -0.25) is 4.79 Å². The monoisotopic (exact) mass is 312 g/mol. The topological polar surface area (TPSA) is 64.3 Å². The molecule has 1 amide bonds. The Labute approximate surface area is 137 Å². The Bertz CT molecular complexity index is 700. The van der Waals surface area contributed by atoms with Crippen LogP contribution < -0.4 is 15.8 Å². The molecular formula is C19H24N2O2. The molecule has 0 bridgehead atoms. The minimum atomic E-state index is 0.00874. The van der Waals surface area contributed by atoms with Gasteiger partial charge in [-0.05, 0) is 56.0 Å². The third-order valence-electron chi connectivity index (χ3n) is 3.88. The first-order valence-corrected chi connectivity index (χ1v) is 7.71. The summed E-state index contributed by atoms with van der Waals surface area (Å²) < 4.78 is 5.14. The SMILES string of the molecule is COc1ccc(CCC(=O)Nc2c(C)cc(C)cc2C)cc1N. The number of amides is 1. The maximum absolute atomic E-state index is 12.2. The van der Waals surface area contributed by atoms with Crippen molar-refractivity contribution in [1.82, 2.24) is 0 Å². The summed E-state index contributed by atoms with van der Waals surface area (Å²) in [7, 11) is 1.59. The zero-order valence-corrected chi connectivity index (χ0v) is 14.2. The molecule has 2 rings (SSSR count). The predicted molar refractivity (Wildman–Crippen MR) is 95.0 cm³/mol. The van der Waals surface area contributed by atoms with Crippen molar-refractivity contribution in [2.75, 3.05) is 18.2 Å². The molecule has 0 radical (unpaired) electrons. The number of carbonyl (C=O) groups is 1. The van der Waals surface area contributed by atoms with E-state index in [1.807, 2.05) is 32.0 Å². The number of methoxy groups -OCH3 is 1. The molecule has 0 fully saturated rings. The van der Waals surface area contributed by atoms with Gasteiger partial charge >= 0.3 is 0 Å². The van der Waals surface area contributed by atoms with Gasteiger partial charge in [0.05, 0.1) is 12.8 Å². The van der Waals surface area contributed by atoms with Crippen LogP contribution in [0.1, 0.15) is 28.7 Å². The molecule has 0 aromatic heterocycles. The summed E-state index contributed by atoms with van der Waals surface area (Å²) in [5.74, 6) is 0.665. The molecule has 0 aliphatic carbocycles. The van der Waals surface area contributed by atoms with Gasteiger partial charge in [0.1, 0.15) is 5.75 Å². The average Bonchev–Trinajstić information content (AvgIpc) is 2.49. The highest BCUT2D eigenvalue weighted by atomic mass is 16.5. The quantitative estimate of drug-likeness (QED) is 0.826. The Balaban J connectivity index is 1.99. The van der Waals surface area contributed by atoms with E-state index in [0.29, 0.717) is 24.3 Å². The number of carbonyl (C=O) groups excluding carboxylic acids is 1. The van der Waals surface area contributed by atoms with Crippen LogP contribution in [0.25, 0.3) is 0 Å². The number of nitrogens with two attached hydrogens (primary N) is 1. The number of nitrogens with one attached hydrogen (secondary N) is 1. The Hall–Kier alpha value is -2.49. The molecule has 2 aromatic rings. The van der Waals surface area contributed by atoms with Crippen LogP contribution in [-0.2, 0) is 11.2 Å². The first-order valence-electron chi connectivity index (χ1n) is 7.71. The highest BCUT2D eigenvalue weighted by Gasteiger charge is 2.09. The van der Waals surface area contributed by atoms with E-state index in [-0.39, 0.29) is 5.91 Å². The van der Waals surface area contributed by atoms with Crippen LogP contribution in [0.5, 0.6) is 5.75 Å². The van der Waals surface area contributed by atoms with Crippen LogP contribution in [0.4, 0.5) is 11.4 Å². The predicted octanol–water partition coefficient (Wildman–Crippen LogP) is 3.77. The van der Waals surface area contributed by atoms with Crippen molar-refractivity contribution in [2.24, 2.45) is 0 Å². The maximum Gasteiger partial charge on any atom is 0.224 e. The molecule has 122 valence electrons. The highest BCUT2D eigenvalue weighted by Crippen LogP contribution is 2.24. The number of anilines is 2. The second-order valence-corrected chi connectivity index (χ2v) is 5.90. The minimum absolute atomic E-state index is 0.00874. The Morgan fingerprint density at radius 3 is 2.35 bits per heavy atom. The van der Waals surface area contributed by atoms with Gasteiger partial charge < -0.3 is 15.8 Å². The van der Waals surface area contributed by atoms with Gasteiger partial charge in [0.25, 0.3) is 0 Å². The smallest absolute Gasteiger partial charge is 0.224 e. The zero-order valence-electron chi connectivity index (χ0n) is 14.2. The molecule has 4 heteroatoms. The van der Waals surface area contributed by atoms with E-state index < -0.39 is 0 Å². The lowest BCUT2D eigenvalue weighted by Crippen LogP contribution is -2.14. The number of rotatable bonds is 5. The van der Waals surface area contributed by atoms with Crippen LogP contribution in [-0.4, -0.2) is 13.0 Å². The van der Waals surface area contributed by atoms with E-state index in [4.69, 9.17) is 10.5 Å². The van der Waals surface area contributed by atoms with Gasteiger partial charge in [-0.1, -0.05) is 23.8 Å². The first-order chi connectivity index (χ1) is 10.9. The van der Waals surface area contributed by atoms with E-state index in [1.165, 1.54) is 5.56 Å². The molecule has 0 saturated carbocycles. The van der Waals surface area contributed by atoms with Crippen molar-refractivity contribution < 1.29 is 9.53 Å². The lowest BCUT2D eigenvalue weighted by molar-refractivity contribution is -0.116. The van der Waals surface area contributed by atoms with E-state index in [1.54, 1.807) is 7.11 Å². The molecule has 0 unspecified atom stereocenters. The number of nitrogen functional groups attached to an aromatic ring is 1. The van der Waals surface area contributed by atoms with Crippen LogP contribution in [0.2, 0.25) is 0 Å². The number of hydrogen-bond acceptors (Lipinski definition) is 3. The molecule has 0 atom stereocenters. The zero-order chi connectivity index (χ0) is 17.0. The fourth-order valence-electron chi connectivity index (χ4n) is 2.78.